The van der Waals surface area contributed by atoms with Gasteiger partial charge in [-0.15, -0.1) is 11.7 Å². The van der Waals surface area contributed by atoms with E-state index in [1.165, 1.54) is 19.3 Å². The number of methoxy groups -OCH3 is 1. The van der Waals surface area contributed by atoms with Gasteiger partial charge in [0.15, 0.2) is 5.69 Å². The van der Waals surface area contributed by atoms with Crippen molar-refractivity contribution in [2.24, 2.45) is 0 Å². The second-order valence-corrected chi connectivity index (χ2v) is 7.69. The Hall–Kier alpha value is -1.96. The van der Waals surface area contributed by atoms with E-state index >= 15 is 0 Å². The van der Waals surface area contributed by atoms with Gasteiger partial charge < -0.3 is 4.74 Å². The number of nitrogens with one attached hydrogen (secondary N) is 1. The van der Waals surface area contributed by atoms with E-state index < -0.39 is 20.7 Å². The van der Waals surface area contributed by atoms with Crippen LogP contribution in [0.25, 0.3) is 0 Å². The summed E-state index contributed by atoms with van der Waals surface area (Å²) in [6.07, 6.45) is 4.34. The minimum absolute atomic E-state index is 0.0790. The first-order chi connectivity index (χ1) is 10.4. The van der Waals surface area contributed by atoms with Crippen molar-refractivity contribution >= 4 is 15.9 Å². The molecule has 0 unspecified atom stereocenters. The monoisotopic (exact) mass is 323 g/mol. The summed E-state index contributed by atoms with van der Waals surface area (Å²) in [5.41, 5.74) is 0.636. The highest BCUT2D eigenvalue weighted by atomic mass is 32.2. The van der Waals surface area contributed by atoms with E-state index in [0.29, 0.717) is 30.2 Å². The second kappa shape index (κ2) is 5.05. The van der Waals surface area contributed by atoms with Crippen LogP contribution in [0.4, 0.5) is 0 Å². The molecule has 2 saturated carbocycles. The molecule has 118 valence electrons. The maximum absolute atomic E-state index is 12.2. The number of hydrogen-bond donors (Lipinski definition) is 1. The van der Waals surface area contributed by atoms with Crippen LogP contribution in [0.2, 0.25) is 0 Å². The Morgan fingerprint density at radius 2 is 2.14 bits per heavy atom. The van der Waals surface area contributed by atoms with Crippen molar-refractivity contribution in [3.63, 3.8) is 0 Å². The molecule has 7 nitrogen and oxygen atoms in total. The Labute approximate surface area is 128 Å². The van der Waals surface area contributed by atoms with Crippen LogP contribution in [0.3, 0.4) is 0 Å². The molecule has 1 N–H and O–H groups in total. The van der Waals surface area contributed by atoms with Crippen molar-refractivity contribution in [2.45, 2.75) is 36.3 Å². The highest BCUT2D eigenvalue weighted by Crippen LogP contribution is 2.44. The maximum atomic E-state index is 12.2. The van der Waals surface area contributed by atoms with Crippen molar-refractivity contribution in [1.82, 2.24) is 14.9 Å². The molecule has 0 spiro atoms. The summed E-state index contributed by atoms with van der Waals surface area (Å²) in [5, 5.41) is 7.84. The van der Waals surface area contributed by atoms with Gasteiger partial charge >= 0.3 is 0 Å². The van der Waals surface area contributed by atoms with Gasteiger partial charge in [0.05, 0.1) is 7.11 Å². The summed E-state index contributed by atoms with van der Waals surface area (Å²) in [6, 6.07) is 1.43. The lowest BCUT2D eigenvalue weighted by molar-refractivity contribution is 0.0974. The lowest BCUT2D eigenvalue weighted by Crippen LogP contribution is -2.39. The summed E-state index contributed by atoms with van der Waals surface area (Å²) in [7, 11) is -2.32. The van der Waals surface area contributed by atoms with E-state index in [9.17, 15) is 13.2 Å². The summed E-state index contributed by atoms with van der Waals surface area (Å²) < 4.78 is 30.6. The van der Waals surface area contributed by atoms with E-state index in [0.717, 1.165) is 12.8 Å². The molecular formula is C14H17N3O4S. The number of carbonyl (C=O) groups excluding carboxylic acids is 1. The third kappa shape index (κ3) is 2.47. The van der Waals surface area contributed by atoms with E-state index in [-0.39, 0.29) is 5.69 Å². The zero-order valence-electron chi connectivity index (χ0n) is 12.2. The van der Waals surface area contributed by atoms with E-state index in [1.807, 2.05) is 4.72 Å². The minimum atomic E-state index is -3.81. The topological polar surface area (TPSA) is 98.2 Å². The molecule has 2 fully saturated rings. The first-order valence-electron chi connectivity index (χ1n) is 7.04. The highest BCUT2D eigenvalue weighted by Gasteiger charge is 2.52. The maximum Gasteiger partial charge on any atom is 0.285 e. The Morgan fingerprint density at radius 1 is 1.45 bits per heavy atom. The second-order valence-electron chi connectivity index (χ2n) is 5.66. The minimum Gasteiger partial charge on any atom is -0.495 e. The van der Waals surface area contributed by atoms with Crippen molar-refractivity contribution in [3.05, 3.63) is 30.1 Å². The van der Waals surface area contributed by atoms with Crippen LogP contribution in [0.5, 0.6) is 5.75 Å². The molecule has 8 heteroatoms. The summed E-state index contributed by atoms with van der Waals surface area (Å²) in [6.45, 7) is 3.53. The number of nitrogens with zero attached hydrogens (tertiary/aromatic N) is 2. The molecule has 1 amide bonds. The van der Waals surface area contributed by atoms with Gasteiger partial charge in [-0.3, -0.25) is 4.79 Å². The molecular weight excluding hydrogens is 306 g/mol. The van der Waals surface area contributed by atoms with Gasteiger partial charge in [-0.25, -0.2) is 13.1 Å². The fraction of sp³-hybridized carbons (Fsp3) is 0.500. The number of aromatic nitrogens is 2. The average Bonchev–Trinajstić information content (AvgIpc) is 3.39. The van der Waals surface area contributed by atoms with Crippen LogP contribution in [-0.2, 0) is 10.0 Å². The fourth-order valence-electron chi connectivity index (χ4n) is 2.28. The summed E-state index contributed by atoms with van der Waals surface area (Å²) in [5.74, 6) is -0.0232. The average molecular weight is 323 g/mol. The van der Waals surface area contributed by atoms with Crippen LogP contribution in [-0.4, -0.2) is 36.4 Å². The van der Waals surface area contributed by atoms with E-state index in [4.69, 9.17) is 4.74 Å². The van der Waals surface area contributed by atoms with Gasteiger partial charge in [0, 0.05) is 12.0 Å². The molecule has 0 atom stereocenters. The molecule has 0 aromatic carbocycles. The van der Waals surface area contributed by atoms with Crippen LogP contribution in [0.1, 0.15) is 47.8 Å². The third-order valence-electron chi connectivity index (χ3n) is 4.08. The number of amides is 1. The molecule has 22 heavy (non-hydrogen) atoms. The SMILES string of the molecule is C=CC1(S(=O)(=O)NC(=O)c2cc(OC)c(C3CC3)nn2)CC1. The number of hydrogen-bond acceptors (Lipinski definition) is 6. The van der Waals surface area contributed by atoms with Gasteiger partial charge in [-0.2, -0.15) is 5.10 Å². The van der Waals surface area contributed by atoms with Gasteiger partial charge in [-0.1, -0.05) is 6.08 Å². The molecule has 0 aliphatic heterocycles. The van der Waals surface area contributed by atoms with E-state index in [1.54, 1.807) is 0 Å². The number of ether oxygens (including phenoxy) is 1. The fourth-order valence-corrected chi connectivity index (χ4v) is 3.69. The van der Waals surface area contributed by atoms with Gasteiger partial charge in [0.25, 0.3) is 5.91 Å². The Kier molecular flexibility index (Phi) is 3.43. The van der Waals surface area contributed by atoms with Crippen molar-refractivity contribution in [3.8, 4) is 5.75 Å². The van der Waals surface area contributed by atoms with Crippen molar-refractivity contribution < 1.29 is 17.9 Å². The van der Waals surface area contributed by atoms with Crippen molar-refractivity contribution in [1.29, 1.82) is 0 Å². The Balaban J connectivity index is 1.82. The molecule has 1 heterocycles. The quantitative estimate of drug-likeness (QED) is 0.788. The standard InChI is InChI=1S/C14H17N3O4S/c1-3-14(6-7-14)22(19,20)17-13(18)10-8-11(21-2)12(16-15-10)9-4-5-9/h3,8-9H,1,4-7H2,2H3,(H,17,18). The zero-order chi connectivity index (χ0) is 16.0. The van der Waals surface area contributed by atoms with E-state index in [2.05, 4.69) is 16.8 Å². The largest absolute Gasteiger partial charge is 0.495 e. The molecule has 3 rings (SSSR count). The molecule has 1 aromatic heterocycles. The van der Waals surface area contributed by atoms with Crippen LogP contribution in [0.15, 0.2) is 18.7 Å². The lowest BCUT2D eigenvalue weighted by atomic mass is 10.2. The normalized spacial score (nSPS) is 19.3. The highest BCUT2D eigenvalue weighted by molar-refractivity contribution is 7.92. The molecule has 0 saturated heterocycles. The first-order valence-corrected chi connectivity index (χ1v) is 8.53. The molecule has 2 aliphatic carbocycles. The number of carbonyl (C=O) groups is 1. The number of rotatable bonds is 6. The number of sulfonamides is 1. The van der Waals surface area contributed by atoms with Crippen molar-refractivity contribution in [2.75, 3.05) is 7.11 Å². The first kappa shape index (κ1) is 15.0. The predicted octanol–water partition coefficient (Wildman–Crippen LogP) is 1.14. The Morgan fingerprint density at radius 3 is 2.64 bits per heavy atom. The summed E-state index contributed by atoms with van der Waals surface area (Å²) >= 11 is 0. The van der Waals surface area contributed by atoms with Crippen LogP contribution >= 0.6 is 0 Å². The van der Waals surface area contributed by atoms with Gasteiger partial charge in [-0.05, 0) is 25.7 Å². The van der Waals surface area contributed by atoms with Crippen LogP contribution in [0, 0.1) is 0 Å². The van der Waals surface area contributed by atoms with Gasteiger partial charge in [0.1, 0.15) is 16.2 Å². The Bertz CT molecular complexity index is 736. The molecule has 2 aliphatic rings. The predicted molar refractivity (Wildman–Crippen MR) is 79.1 cm³/mol. The lowest BCUT2D eigenvalue weighted by Gasteiger charge is -2.13. The van der Waals surface area contributed by atoms with Crippen LogP contribution < -0.4 is 9.46 Å². The molecule has 0 radical (unpaired) electrons. The molecule has 1 aromatic rings. The third-order valence-corrected chi connectivity index (χ3v) is 6.18. The van der Waals surface area contributed by atoms with Gasteiger partial charge in [0.2, 0.25) is 10.0 Å². The molecule has 0 bridgehead atoms. The summed E-state index contributed by atoms with van der Waals surface area (Å²) in [4.78, 5) is 12.1. The zero-order valence-corrected chi connectivity index (χ0v) is 13.0. The smallest absolute Gasteiger partial charge is 0.285 e.